The Balaban J connectivity index is 0.000000241. The molecule has 0 spiro atoms. The van der Waals surface area contributed by atoms with Crippen molar-refractivity contribution in [1.29, 1.82) is 5.26 Å². The first-order chi connectivity index (χ1) is 28.9. The first-order valence-corrected chi connectivity index (χ1v) is 17.1. The molecule has 0 aliphatic rings. The van der Waals surface area contributed by atoms with Gasteiger partial charge in [0.1, 0.15) is 5.58 Å². The summed E-state index contributed by atoms with van der Waals surface area (Å²) in [6.45, 7) is 0.424. The Bertz CT molecular complexity index is 3160. The van der Waals surface area contributed by atoms with E-state index in [0.717, 1.165) is 38.3 Å². The fraction of sp³-hybridized carbons (Fsp3) is 0.146. The van der Waals surface area contributed by atoms with Crippen molar-refractivity contribution >= 4 is 43.7 Å². The third-order valence-electron chi connectivity index (χ3n) is 8.93. The van der Waals surface area contributed by atoms with E-state index in [1.165, 1.54) is 16.8 Å². The Morgan fingerprint density at radius 1 is 0.870 bits per heavy atom. The van der Waals surface area contributed by atoms with E-state index in [0.29, 0.717) is 39.1 Å². The molecule has 264 valence electrons. The van der Waals surface area contributed by atoms with Crippen LogP contribution in [0.1, 0.15) is 48.4 Å². The van der Waals surface area contributed by atoms with E-state index in [4.69, 9.17) is 15.4 Å². The predicted octanol–water partition coefficient (Wildman–Crippen LogP) is 11.1. The first-order valence-electron chi connectivity index (χ1n) is 21.1. The minimum Gasteiger partial charge on any atom is -0.500 e. The Kier molecular flexibility index (Phi) is 7.63. The van der Waals surface area contributed by atoms with Gasteiger partial charge in [0.15, 0.2) is 0 Å². The van der Waals surface area contributed by atoms with Gasteiger partial charge < -0.3 is 18.5 Å². The summed E-state index contributed by atoms with van der Waals surface area (Å²) < 4.78 is 74.1. The van der Waals surface area contributed by atoms with Crippen LogP contribution in [0.3, 0.4) is 0 Å². The molecule has 0 amide bonds. The SMILES string of the molecule is [2H]C([2H])([2H])[n+]1[c-]n(-c2[c-]cccc2)c2ccccc21.[2H]C([2H])([2H])c1cnc(-c2[c-]ccc3c2oc2c(-c4ccc5ccccc5c4)c(C#N)ccc23)cc1C([2H])([2H])C(C)(C)C.[Ir+3]. The van der Waals surface area contributed by atoms with E-state index in [1.807, 2.05) is 91.0 Å². The van der Waals surface area contributed by atoms with Crippen molar-refractivity contribution in [1.82, 2.24) is 9.55 Å². The molecule has 0 atom stereocenters. The molecular formula is C48H38IrN4O+. The molecule has 0 radical (unpaired) electrons. The maximum Gasteiger partial charge on any atom is 3.00 e. The zero-order valence-corrected chi connectivity index (χ0v) is 32.0. The molecular weight excluding hydrogens is 841 g/mol. The van der Waals surface area contributed by atoms with Crippen molar-refractivity contribution < 1.29 is 40.1 Å². The van der Waals surface area contributed by atoms with Crippen LogP contribution in [0.5, 0.6) is 0 Å². The van der Waals surface area contributed by atoms with Gasteiger partial charge in [-0.2, -0.15) is 35.6 Å². The third kappa shape index (κ3) is 6.97. The number of benzene rings is 6. The van der Waals surface area contributed by atoms with E-state index in [1.54, 1.807) is 49.6 Å². The monoisotopic (exact) mass is 887 g/mol. The van der Waals surface area contributed by atoms with Crippen molar-refractivity contribution in [2.24, 2.45) is 12.4 Å². The normalized spacial score (nSPS) is 14.3. The van der Waals surface area contributed by atoms with Crippen LogP contribution in [0, 0.1) is 42.1 Å². The maximum absolute atomic E-state index is 10.0. The Labute approximate surface area is 340 Å². The molecule has 9 aromatic rings. The number of hydrogen-bond donors (Lipinski definition) is 0. The van der Waals surface area contributed by atoms with Gasteiger partial charge >= 0.3 is 20.1 Å². The molecule has 6 heteroatoms. The Hall–Kier alpha value is -5.86. The molecule has 54 heavy (non-hydrogen) atoms. The number of pyridine rings is 1. The van der Waals surface area contributed by atoms with Gasteiger partial charge in [0.2, 0.25) is 6.33 Å². The molecule has 5 nitrogen and oxygen atoms in total. The molecule has 6 aromatic carbocycles. The number of aryl methyl sites for hydroxylation is 2. The second-order valence-corrected chi connectivity index (χ2v) is 13.7. The van der Waals surface area contributed by atoms with Gasteiger partial charge in [0.05, 0.1) is 39.3 Å². The fourth-order valence-electron chi connectivity index (χ4n) is 6.58. The Morgan fingerprint density at radius 3 is 2.44 bits per heavy atom. The summed E-state index contributed by atoms with van der Waals surface area (Å²) in [5.41, 5.74) is 5.09. The minimum atomic E-state index is -2.54. The van der Waals surface area contributed by atoms with Crippen LogP contribution in [-0.2, 0) is 33.5 Å². The maximum atomic E-state index is 10.0. The zero-order valence-electron chi connectivity index (χ0n) is 37.7. The molecule has 3 aromatic heterocycles. The second kappa shape index (κ2) is 14.9. The van der Waals surface area contributed by atoms with Crippen LogP contribution in [0.15, 0.2) is 132 Å². The van der Waals surface area contributed by atoms with Gasteiger partial charge in [-0.3, -0.25) is 0 Å². The van der Waals surface area contributed by atoms with E-state index < -0.39 is 25.6 Å². The van der Waals surface area contributed by atoms with Crippen molar-refractivity contribution in [2.45, 2.75) is 34.0 Å². The van der Waals surface area contributed by atoms with E-state index in [2.05, 4.69) is 29.5 Å². The quantitative estimate of drug-likeness (QED) is 0.131. The third-order valence-corrected chi connectivity index (χ3v) is 8.93. The average molecular weight is 887 g/mol. The van der Waals surface area contributed by atoms with E-state index >= 15 is 0 Å². The number of imidazole rings is 1. The van der Waals surface area contributed by atoms with E-state index in [9.17, 15) is 5.26 Å². The van der Waals surface area contributed by atoms with Crippen LogP contribution in [0.25, 0.3) is 71.8 Å². The van der Waals surface area contributed by atoms with Crippen LogP contribution in [-0.4, -0.2) is 9.55 Å². The van der Waals surface area contributed by atoms with Crippen LogP contribution in [0.2, 0.25) is 0 Å². The molecule has 0 aliphatic carbocycles. The number of fused-ring (bicyclic) bond motifs is 5. The van der Waals surface area contributed by atoms with Gasteiger partial charge in [0.25, 0.3) is 0 Å². The summed E-state index contributed by atoms with van der Waals surface area (Å²) in [5, 5.41) is 13.8. The summed E-state index contributed by atoms with van der Waals surface area (Å²) in [5.74, 6) is 0. The Morgan fingerprint density at radius 2 is 1.67 bits per heavy atom. The van der Waals surface area contributed by atoms with Gasteiger partial charge in [-0.1, -0.05) is 116 Å². The average Bonchev–Trinajstić information content (AvgIpc) is 3.82. The first kappa shape index (κ1) is 27.7. The van der Waals surface area contributed by atoms with Crippen LogP contribution < -0.4 is 4.57 Å². The molecule has 9 rings (SSSR count). The number of furan rings is 1. The summed E-state index contributed by atoms with van der Waals surface area (Å²) in [6.07, 6.45) is 2.16. The van der Waals surface area contributed by atoms with E-state index in [-0.39, 0.29) is 31.2 Å². The summed E-state index contributed by atoms with van der Waals surface area (Å²) in [6, 6.07) is 46.2. The summed E-state index contributed by atoms with van der Waals surface area (Å²) >= 11 is 0. The van der Waals surface area contributed by atoms with Gasteiger partial charge in [0, 0.05) is 24.0 Å². The molecule has 0 N–H and O–H groups in total. The van der Waals surface area contributed by atoms with Gasteiger partial charge in [-0.25, -0.2) is 0 Å². The zero-order chi connectivity index (χ0) is 43.5. The predicted molar refractivity (Wildman–Crippen MR) is 213 cm³/mol. The number of rotatable bonds is 4. The smallest absolute Gasteiger partial charge is 0.500 e. The van der Waals surface area contributed by atoms with Crippen LogP contribution >= 0.6 is 0 Å². The number of nitrogens with zero attached hydrogens (tertiary/aromatic N) is 4. The molecule has 0 aliphatic heterocycles. The fourth-order valence-corrected chi connectivity index (χ4v) is 6.58. The molecule has 3 heterocycles. The summed E-state index contributed by atoms with van der Waals surface area (Å²) in [4.78, 5) is 4.47. The van der Waals surface area contributed by atoms with Crippen molar-refractivity contribution in [3.05, 3.63) is 163 Å². The number of nitriles is 1. The van der Waals surface area contributed by atoms with Crippen molar-refractivity contribution in [2.75, 3.05) is 0 Å². The number of aromatic nitrogens is 3. The molecule has 0 saturated carbocycles. The molecule has 0 saturated heterocycles. The molecule has 0 fully saturated rings. The summed E-state index contributed by atoms with van der Waals surface area (Å²) in [7, 11) is 0. The minimum absolute atomic E-state index is 0. The van der Waals surface area contributed by atoms with Gasteiger partial charge in [-0.05, 0) is 58.4 Å². The number of para-hydroxylation sites is 3. The largest absolute Gasteiger partial charge is 3.00 e. The topological polar surface area (TPSA) is 58.6 Å². The van der Waals surface area contributed by atoms with Gasteiger partial charge in [-0.15, -0.1) is 18.2 Å². The number of hydrogen-bond acceptors (Lipinski definition) is 3. The molecule has 0 unspecified atom stereocenters. The molecule has 0 bridgehead atoms. The van der Waals surface area contributed by atoms with Crippen LogP contribution in [0.4, 0.5) is 0 Å². The van der Waals surface area contributed by atoms with Crippen molar-refractivity contribution in [3.63, 3.8) is 0 Å². The van der Waals surface area contributed by atoms with Crippen molar-refractivity contribution in [3.8, 4) is 34.1 Å². The standard InChI is InChI=1S/C34H27N2O.C14H11N2.Ir/c1-21-20-36-30(17-26(21)18-34(2,3)4)29-11-7-10-27-28-15-14-25(19-35)31(33(28)37-32(27)29)24-13-12-22-8-5-6-9-23(22)16-24;1-15-11-16(12-7-3-2-4-8-12)14-10-6-5-9-13(14)15;/h5-10,12-17,20H,18H2,1-4H3;2-7,9-10H,1H3;/q2*-1;+3/i1D3,18D2;1D3;. The second-order valence-electron chi connectivity index (χ2n) is 13.7.